The smallest absolute Gasteiger partial charge is 0.292 e. The predicted octanol–water partition coefficient (Wildman–Crippen LogP) is 3.08. The van der Waals surface area contributed by atoms with E-state index in [9.17, 15) is 15.2 Å². The van der Waals surface area contributed by atoms with Gasteiger partial charge in [-0.2, -0.15) is 0 Å². The van der Waals surface area contributed by atoms with Crippen molar-refractivity contribution in [3.8, 4) is 5.75 Å². The summed E-state index contributed by atoms with van der Waals surface area (Å²) < 4.78 is 5.92. The number of aliphatic hydroxyl groups excluding tert-OH is 1. The Morgan fingerprint density at radius 1 is 1.07 bits per heavy atom. The second kappa shape index (κ2) is 9.24. The molecule has 1 heterocycles. The topological polar surface area (TPSA) is 79.1 Å². The number of anilines is 1. The largest absolute Gasteiger partial charge is 0.490 e. The van der Waals surface area contributed by atoms with Crippen LogP contribution in [0.5, 0.6) is 5.75 Å². The molecule has 7 heteroatoms. The third kappa shape index (κ3) is 5.05. The van der Waals surface area contributed by atoms with E-state index in [-0.39, 0.29) is 17.2 Å². The molecular weight excluding hydrogens is 370 g/mol. The minimum absolute atomic E-state index is 0.137. The molecule has 1 unspecified atom stereocenters. The predicted molar refractivity (Wildman–Crippen MR) is 114 cm³/mol. The van der Waals surface area contributed by atoms with Gasteiger partial charge in [-0.1, -0.05) is 24.3 Å². The fraction of sp³-hybridized carbons (Fsp3) is 0.455. The van der Waals surface area contributed by atoms with Gasteiger partial charge in [-0.3, -0.25) is 15.0 Å². The van der Waals surface area contributed by atoms with E-state index in [1.54, 1.807) is 12.1 Å². The van der Waals surface area contributed by atoms with E-state index >= 15 is 0 Å². The number of para-hydroxylation sites is 2. The van der Waals surface area contributed by atoms with Gasteiger partial charge in [-0.05, 0) is 43.5 Å². The lowest BCUT2D eigenvalue weighted by molar-refractivity contribution is -0.384. The molecule has 1 saturated heterocycles. The maximum absolute atomic E-state index is 11.3. The Labute approximate surface area is 171 Å². The van der Waals surface area contributed by atoms with E-state index in [1.165, 1.54) is 11.6 Å². The van der Waals surface area contributed by atoms with Gasteiger partial charge in [0.2, 0.25) is 0 Å². The number of piperazine rings is 1. The Balaban J connectivity index is 1.51. The molecule has 1 N–H and O–H groups in total. The van der Waals surface area contributed by atoms with Gasteiger partial charge in [0.1, 0.15) is 24.1 Å². The van der Waals surface area contributed by atoms with E-state index < -0.39 is 6.10 Å². The fourth-order valence-electron chi connectivity index (χ4n) is 3.74. The first-order chi connectivity index (χ1) is 13.9. The van der Waals surface area contributed by atoms with E-state index in [1.807, 2.05) is 30.9 Å². The third-order valence-electron chi connectivity index (χ3n) is 5.55. The van der Waals surface area contributed by atoms with E-state index in [0.717, 1.165) is 30.0 Å². The highest BCUT2D eigenvalue weighted by Crippen LogP contribution is 2.28. The van der Waals surface area contributed by atoms with E-state index in [4.69, 9.17) is 4.74 Å². The van der Waals surface area contributed by atoms with E-state index in [0.29, 0.717) is 25.3 Å². The van der Waals surface area contributed by atoms with E-state index in [2.05, 4.69) is 17.9 Å². The molecule has 0 radical (unpaired) electrons. The SMILES string of the molecule is Cc1ccc(C)c(OCC(O)CN2CCN(c3ccccc3[N+](=O)[O-])CC2)c1C. The zero-order valence-electron chi connectivity index (χ0n) is 17.3. The van der Waals surface area contributed by atoms with Crippen molar-refractivity contribution in [3.63, 3.8) is 0 Å². The van der Waals surface area contributed by atoms with Crippen molar-refractivity contribution in [3.05, 3.63) is 63.2 Å². The zero-order chi connectivity index (χ0) is 21.0. The van der Waals surface area contributed by atoms with Crippen LogP contribution in [-0.2, 0) is 0 Å². The monoisotopic (exact) mass is 399 g/mol. The standard InChI is InChI=1S/C22H29N3O4/c1-16-8-9-17(2)22(18(16)3)29-15-19(26)14-23-10-12-24(13-11-23)20-6-4-5-7-21(20)25(27)28/h4-9,19,26H,10-15H2,1-3H3. The van der Waals surface area contributed by atoms with Crippen molar-refractivity contribution >= 4 is 11.4 Å². The molecule has 0 aliphatic carbocycles. The third-order valence-corrected chi connectivity index (χ3v) is 5.55. The first kappa shape index (κ1) is 21.1. The molecule has 1 aliphatic rings. The molecule has 1 fully saturated rings. The van der Waals surface area contributed by atoms with Gasteiger partial charge in [0.05, 0.1) is 4.92 Å². The number of nitro benzene ring substituents is 1. The van der Waals surface area contributed by atoms with Crippen LogP contribution in [0, 0.1) is 30.9 Å². The lowest BCUT2D eigenvalue weighted by Gasteiger charge is -2.36. The first-order valence-corrected chi connectivity index (χ1v) is 9.95. The van der Waals surface area contributed by atoms with Crippen LogP contribution in [0.4, 0.5) is 11.4 Å². The number of aryl methyl sites for hydroxylation is 2. The Bertz CT molecular complexity index is 863. The molecule has 0 saturated carbocycles. The van der Waals surface area contributed by atoms with Crippen LogP contribution in [0.1, 0.15) is 16.7 Å². The van der Waals surface area contributed by atoms with Crippen LogP contribution in [0.3, 0.4) is 0 Å². The molecule has 7 nitrogen and oxygen atoms in total. The maximum Gasteiger partial charge on any atom is 0.292 e. The van der Waals surface area contributed by atoms with Gasteiger partial charge < -0.3 is 14.7 Å². The second-order valence-electron chi connectivity index (χ2n) is 7.65. The Kier molecular flexibility index (Phi) is 6.71. The number of hydrogen-bond donors (Lipinski definition) is 1. The lowest BCUT2D eigenvalue weighted by atomic mass is 10.1. The maximum atomic E-state index is 11.3. The Hall–Kier alpha value is -2.64. The summed E-state index contributed by atoms with van der Waals surface area (Å²) in [7, 11) is 0. The molecule has 0 bridgehead atoms. The first-order valence-electron chi connectivity index (χ1n) is 9.95. The summed E-state index contributed by atoms with van der Waals surface area (Å²) in [4.78, 5) is 15.1. The Morgan fingerprint density at radius 2 is 1.72 bits per heavy atom. The summed E-state index contributed by atoms with van der Waals surface area (Å²) in [5.74, 6) is 0.852. The number of ether oxygens (including phenoxy) is 1. The average Bonchev–Trinajstić information content (AvgIpc) is 2.71. The lowest BCUT2D eigenvalue weighted by Crippen LogP contribution is -2.49. The van der Waals surface area contributed by atoms with Gasteiger partial charge in [-0.25, -0.2) is 0 Å². The highest BCUT2D eigenvalue weighted by Gasteiger charge is 2.24. The summed E-state index contributed by atoms with van der Waals surface area (Å²) in [5, 5.41) is 21.7. The van der Waals surface area contributed by atoms with Crippen LogP contribution in [0.2, 0.25) is 0 Å². The molecule has 2 aromatic rings. The Morgan fingerprint density at radius 3 is 2.41 bits per heavy atom. The molecule has 0 amide bonds. The number of nitro groups is 1. The number of β-amino-alcohol motifs (C(OH)–C–C–N with tert-alkyl or cyclic N) is 1. The van der Waals surface area contributed by atoms with Crippen molar-refractivity contribution < 1.29 is 14.8 Å². The molecule has 0 aromatic heterocycles. The van der Waals surface area contributed by atoms with Crippen LogP contribution >= 0.6 is 0 Å². The summed E-state index contributed by atoms with van der Waals surface area (Å²) in [6, 6.07) is 11.0. The summed E-state index contributed by atoms with van der Waals surface area (Å²) in [6.07, 6.45) is -0.591. The molecule has 2 aromatic carbocycles. The van der Waals surface area contributed by atoms with Crippen LogP contribution < -0.4 is 9.64 Å². The van der Waals surface area contributed by atoms with Crippen molar-refractivity contribution in [2.45, 2.75) is 26.9 Å². The number of aliphatic hydroxyl groups is 1. The molecule has 1 atom stereocenters. The van der Waals surface area contributed by atoms with Crippen molar-refractivity contribution in [1.82, 2.24) is 4.90 Å². The number of hydrogen-bond acceptors (Lipinski definition) is 6. The molecule has 1 aliphatic heterocycles. The number of benzene rings is 2. The highest BCUT2D eigenvalue weighted by atomic mass is 16.6. The van der Waals surface area contributed by atoms with Crippen molar-refractivity contribution in [2.24, 2.45) is 0 Å². The van der Waals surface area contributed by atoms with Gasteiger partial charge >= 0.3 is 0 Å². The van der Waals surface area contributed by atoms with Gasteiger partial charge in [-0.15, -0.1) is 0 Å². The minimum atomic E-state index is -0.591. The number of rotatable bonds is 7. The fourth-order valence-corrected chi connectivity index (χ4v) is 3.74. The second-order valence-corrected chi connectivity index (χ2v) is 7.65. The van der Waals surface area contributed by atoms with Crippen molar-refractivity contribution in [1.29, 1.82) is 0 Å². The summed E-state index contributed by atoms with van der Waals surface area (Å²) in [5.41, 5.74) is 4.14. The normalized spacial score (nSPS) is 15.9. The van der Waals surface area contributed by atoms with Crippen molar-refractivity contribution in [2.75, 3.05) is 44.2 Å². The molecular formula is C22H29N3O4. The van der Waals surface area contributed by atoms with Gasteiger partial charge in [0.15, 0.2) is 0 Å². The average molecular weight is 399 g/mol. The minimum Gasteiger partial charge on any atom is -0.490 e. The summed E-state index contributed by atoms with van der Waals surface area (Å²) >= 11 is 0. The summed E-state index contributed by atoms with van der Waals surface area (Å²) in [6.45, 7) is 9.72. The molecule has 0 spiro atoms. The van der Waals surface area contributed by atoms with Gasteiger partial charge in [0, 0.05) is 38.8 Å². The highest BCUT2D eigenvalue weighted by molar-refractivity contribution is 5.63. The van der Waals surface area contributed by atoms with Crippen LogP contribution in [0.15, 0.2) is 36.4 Å². The molecule has 3 rings (SSSR count). The molecule has 29 heavy (non-hydrogen) atoms. The number of nitrogens with zero attached hydrogens (tertiary/aromatic N) is 3. The van der Waals surface area contributed by atoms with Crippen LogP contribution in [0.25, 0.3) is 0 Å². The quantitative estimate of drug-likeness (QED) is 0.569. The zero-order valence-corrected chi connectivity index (χ0v) is 17.3. The van der Waals surface area contributed by atoms with Gasteiger partial charge in [0.25, 0.3) is 5.69 Å². The molecule has 156 valence electrons. The van der Waals surface area contributed by atoms with Crippen LogP contribution in [-0.4, -0.2) is 60.4 Å².